The van der Waals surface area contributed by atoms with E-state index < -0.39 is 10.0 Å². The molecule has 0 saturated carbocycles. The van der Waals surface area contributed by atoms with Crippen LogP contribution in [0.1, 0.15) is 12.0 Å². The van der Waals surface area contributed by atoms with Gasteiger partial charge in [0.15, 0.2) is 0 Å². The van der Waals surface area contributed by atoms with Crippen molar-refractivity contribution in [3.8, 4) is 0 Å². The van der Waals surface area contributed by atoms with Crippen molar-refractivity contribution in [2.75, 3.05) is 43.4 Å². The van der Waals surface area contributed by atoms with E-state index >= 15 is 0 Å². The number of amides is 1. The number of nitrogens with one attached hydrogen (secondary N) is 1. The van der Waals surface area contributed by atoms with Crippen LogP contribution in [-0.4, -0.2) is 57.1 Å². The van der Waals surface area contributed by atoms with Gasteiger partial charge in [0.1, 0.15) is 5.82 Å². The molecule has 6 nitrogen and oxygen atoms in total. The number of anilines is 1. The smallest absolute Gasteiger partial charge is 0.243 e. The zero-order valence-electron chi connectivity index (χ0n) is 16.7. The Morgan fingerprint density at radius 3 is 2.37 bits per heavy atom. The first kappa shape index (κ1) is 22.0. The van der Waals surface area contributed by atoms with Gasteiger partial charge in [-0.05, 0) is 30.2 Å². The minimum Gasteiger partial charge on any atom is -0.367 e. The van der Waals surface area contributed by atoms with Crippen LogP contribution in [-0.2, 0) is 14.8 Å². The largest absolute Gasteiger partial charge is 0.367 e. The molecule has 30 heavy (non-hydrogen) atoms. The summed E-state index contributed by atoms with van der Waals surface area (Å²) in [6.07, 6.45) is 3.48. The maximum Gasteiger partial charge on any atom is 0.243 e. The van der Waals surface area contributed by atoms with Crippen LogP contribution in [0.15, 0.2) is 60.7 Å². The van der Waals surface area contributed by atoms with Gasteiger partial charge in [0.2, 0.25) is 15.9 Å². The molecule has 2 aromatic carbocycles. The predicted octanol–water partition coefficient (Wildman–Crippen LogP) is 2.50. The number of halogens is 1. The number of benzene rings is 2. The summed E-state index contributed by atoms with van der Waals surface area (Å²) < 4.78 is 40.5. The molecule has 0 radical (unpaired) electrons. The molecular weight excluding hydrogens is 405 g/mol. The van der Waals surface area contributed by atoms with Gasteiger partial charge in [0, 0.05) is 38.8 Å². The Bertz CT molecular complexity index is 972. The Hall–Kier alpha value is -2.71. The van der Waals surface area contributed by atoms with Gasteiger partial charge in [0.25, 0.3) is 0 Å². The van der Waals surface area contributed by atoms with Gasteiger partial charge >= 0.3 is 0 Å². The summed E-state index contributed by atoms with van der Waals surface area (Å²) in [4.78, 5) is 13.7. The molecule has 0 spiro atoms. The average molecular weight is 432 g/mol. The highest BCUT2D eigenvalue weighted by molar-refractivity contribution is 7.89. The summed E-state index contributed by atoms with van der Waals surface area (Å²) in [6, 6.07) is 16.0. The predicted molar refractivity (Wildman–Crippen MR) is 117 cm³/mol. The number of sulfonamides is 1. The van der Waals surface area contributed by atoms with Crippen molar-refractivity contribution in [3.63, 3.8) is 0 Å². The highest BCUT2D eigenvalue weighted by atomic mass is 32.2. The third-order valence-electron chi connectivity index (χ3n) is 4.93. The second-order valence-electron chi connectivity index (χ2n) is 7.04. The van der Waals surface area contributed by atoms with Crippen LogP contribution in [0.5, 0.6) is 0 Å². The highest BCUT2D eigenvalue weighted by Crippen LogP contribution is 2.21. The molecule has 0 aliphatic carbocycles. The highest BCUT2D eigenvalue weighted by Gasteiger charge is 2.27. The van der Waals surface area contributed by atoms with E-state index in [-0.39, 0.29) is 24.0 Å². The van der Waals surface area contributed by atoms with Crippen molar-refractivity contribution >= 4 is 27.7 Å². The lowest BCUT2D eigenvalue weighted by atomic mass is 10.2. The molecule has 1 amide bonds. The molecule has 1 heterocycles. The lowest BCUT2D eigenvalue weighted by Crippen LogP contribution is -2.49. The van der Waals surface area contributed by atoms with Crippen molar-refractivity contribution in [2.45, 2.75) is 6.42 Å². The summed E-state index contributed by atoms with van der Waals surface area (Å²) in [5.74, 6) is -0.587. The fraction of sp³-hybridized carbons (Fsp3) is 0.318. The molecule has 0 aromatic heterocycles. The van der Waals surface area contributed by atoms with Crippen LogP contribution in [0.4, 0.5) is 10.1 Å². The van der Waals surface area contributed by atoms with Gasteiger partial charge in [-0.3, -0.25) is 4.79 Å². The topological polar surface area (TPSA) is 69.7 Å². The monoisotopic (exact) mass is 431 g/mol. The van der Waals surface area contributed by atoms with Gasteiger partial charge < -0.3 is 10.2 Å². The number of para-hydroxylation sites is 1. The van der Waals surface area contributed by atoms with E-state index in [2.05, 4.69) is 5.32 Å². The first-order valence-electron chi connectivity index (χ1n) is 9.94. The van der Waals surface area contributed by atoms with Crippen molar-refractivity contribution in [3.05, 3.63) is 72.1 Å². The summed E-state index contributed by atoms with van der Waals surface area (Å²) in [5, 5.41) is 2.70. The quantitative estimate of drug-likeness (QED) is 0.515. The zero-order valence-corrected chi connectivity index (χ0v) is 17.5. The Labute approximate surface area is 177 Å². The van der Waals surface area contributed by atoms with Gasteiger partial charge in [-0.1, -0.05) is 42.5 Å². The van der Waals surface area contributed by atoms with E-state index in [1.807, 2.05) is 35.2 Å². The molecular formula is C22H26FN3O3S. The Morgan fingerprint density at radius 2 is 1.67 bits per heavy atom. The normalized spacial score (nSPS) is 15.4. The Kier molecular flexibility index (Phi) is 7.59. The van der Waals surface area contributed by atoms with Crippen LogP contribution in [0.25, 0.3) is 6.08 Å². The van der Waals surface area contributed by atoms with E-state index in [1.54, 1.807) is 24.3 Å². The molecule has 2 aromatic rings. The standard InChI is InChI=1S/C22H26FN3O3S/c23-20-9-4-5-10-21(20)25-14-16-26(17-15-25)30(28,29)18-6-13-24-22(27)12-11-19-7-2-1-3-8-19/h1-5,7-12H,6,13-18H2,(H,24,27). The second kappa shape index (κ2) is 10.4. The number of piperazine rings is 1. The van der Waals surface area contributed by atoms with Gasteiger partial charge in [-0.15, -0.1) is 0 Å². The zero-order chi connectivity index (χ0) is 21.4. The van der Waals surface area contributed by atoms with Gasteiger partial charge in [-0.25, -0.2) is 12.8 Å². The Morgan fingerprint density at radius 1 is 1.00 bits per heavy atom. The van der Waals surface area contributed by atoms with Gasteiger partial charge in [0.05, 0.1) is 11.4 Å². The molecule has 3 rings (SSSR count). The molecule has 1 saturated heterocycles. The summed E-state index contributed by atoms with van der Waals surface area (Å²) in [6.45, 7) is 1.82. The number of carbonyl (C=O) groups excluding carboxylic acids is 1. The van der Waals surface area contributed by atoms with Crippen LogP contribution >= 0.6 is 0 Å². The lowest BCUT2D eigenvalue weighted by molar-refractivity contribution is -0.116. The van der Waals surface area contributed by atoms with E-state index in [4.69, 9.17) is 0 Å². The number of hydrogen-bond donors (Lipinski definition) is 1. The number of nitrogens with zero attached hydrogens (tertiary/aromatic N) is 2. The maximum absolute atomic E-state index is 13.9. The fourth-order valence-electron chi connectivity index (χ4n) is 3.31. The SMILES string of the molecule is O=C(C=Cc1ccccc1)NCCCS(=O)(=O)N1CCN(c2ccccc2F)CC1. The van der Waals surface area contributed by atoms with Crippen LogP contribution in [0.3, 0.4) is 0 Å². The van der Waals surface area contributed by atoms with E-state index in [9.17, 15) is 17.6 Å². The maximum atomic E-state index is 13.9. The van der Waals surface area contributed by atoms with Crippen LogP contribution in [0, 0.1) is 5.82 Å². The first-order valence-corrected chi connectivity index (χ1v) is 11.5. The van der Waals surface area contributed by atoms with Crippen molar-refractivity contribution in [1.82, 2.24) is 9.62 Å². The Balaban J connectivity index is 1.40. The first-order chi connectivity index (χ1) is 14.5. The van der Waals surface area contributed by atoms with E-state index in [0.29, 0.717) is 38.3 Å². The average Bonchev–Trinajstić information content (AvgIpc) is 2.76. The molecule has 1 N–H and O–H groups in total. The fourth-order valence-corrected chi connectivity index (χ4v) is 4.79. The molecule has 1 aliphatic rings. The molecule has 1 fully saturated rings. The van der Waals surface area contributed by atoms with Crippen molar-refractivity contribution < 1.29 is 17.6 Å². The van der Waals surface area contributed by atoms with Crippen LogP contribution in [0.2, 0.25) is 0 Å². The van der Waals surface area contributed by atoms with Crippen molar-refractivity contribution in [1.29, 1.82) is 0 Å². The molecule has 0 unspecified atom stereocenters. The number of hydrogen-bond acceptors (Lipinski definition) is 4. The van der Waals surface area contributed by atoms with Gasteiger partial charge in [-0.2, -0.15) is 4.31 Å². The van der Waals surface area contributed by atoms with E-state index in [0.717, 1.165) is 5.56 Å². The lowest BCUT2D eigenvalue weighted by Gasteiger charge is -2.35. The summed E-state index contributed by atoms with van der Waals surface area (Å²) in [5.41, 5.74) is 1.42. The van der Waals surface area contributed by atoms with E-state index in [1.165, 1.54) is 16.4 Å². The molecule has 8 heteroatoms. The second-order valence-corrected chi connectivity index (χ2v) is 9.13. The third kappa shape index (κ3) is 6.14. The third-order valence-corrected chi connectivity index (χ3v) is 6.89. The molecule has 1 aliphatic heterocycles. The summed E-state index contributed by atoms with van der Waals surface area (Å²) >= 11 is 0. The molecule has 0 bridgehead atoms. The number of carbonyl (C=O) groups is 1. The number of rotatable bonds is 8. The minimum atomic E-state index is -3.41. The minimum absolute atomic E-state index is 0.0324. The summed E-state index contributed by atoms with van der Waals surface area (Å²) in [7, 11) is -3.41. The molecule has 160 valence electrons. The van der Waals surface area contributed by atoms with Crippen LogP contribution < -0.4 is 10.2 Å². The van der Waals surface area contributed by atoms with Crippen molar-refractivity contribution in [2.24, 2.45) is 0 Å². The molecule has 0 atom stereocenters.